The van der Waals surface area contributed by atoms with Crippen molar-refractivity contribution in [2.24, 2.45) is 0 Å². The van der Waals surface area contributed by atoms with Crippen molar-refractivity contribution < 1.29 is 45.7 Å². The molecule has 3 rings (SSSR count). The molecule has 1 aliphatic rings. The fourth-order valence-corrected chi connectivity index (χ4v) is 3.66. The van der Waals surface area contributed by atoms with Gasteiger partial charge in [0.05, 0.1) is 40.3 Å². The van der Waals surface area contributed by atoms with Crippen molar-refractivity contribution >= 4 is 35.2 Å². The molecule has 0 amide bonds. The van der Waals surface area contributed by atoms with E-state index < -0.39 is 41.7 Å². The predicted octanol–water partition coefficient (Wildman–Crippen LogP) is 7.12. The molecule has 0 spiro atoms. The van der Waals surface area contributed by atoms with Crippen molar-refractivity contribution in [2.75, 3.05) is 13.2 Å². The summed E-state index contributed by atoms with van der Waals surface area (Å²) in [6, 6.07) is 4.23. The first-order valence-electron chi connectivity index (χ1n) is 9.20. The molecule has 0 aromatic heterocycles. The molecule has 2 aromatic carbocycles. The highest BCUT2D eigenvalue weighted by Crippen LogP contribution is 2.42. The minimum absolute atomic E-state index is 0.0451. The lowest BCUT2D eigenvalue weighted by Crippen LogP contribution is -2.19. The Labute approximate surface area is 193 Å². The van der Waals surface area contributed by atoms with E-state index in [1.54, 1.807) is 0 Å². The van der Waals surface area contributed by atoms with Gasteiger partial charge in [0.2, 0.25) is 0 Å². The zero-order chi connectivity index (χ0) is 24.6. The molecule has 0 bridgehead atoms. The summed E-state index contributed by atoms with van der Waals surface area (Å²) in [5.74, 6) is -4.08. The van der Waals surface area contributed by atoms with Crippen LogP contribution in [0.4, 0.5) is 26.3 Å². The van der Waals surface area contributed by atoms with E-state index in [1.165, 1.54) is 0 Å². The molecule has 33 heavy (non-hydrogen) atoms. The highest BCUT2D eigenvalue weighted by Gasteiger charge is 2.40. The van der Waals surface area contributed by atoms with Crippen molar-refractivity contribution in [3.05, 3.63) is 74.3 Å². The molecule has 1 unspecified atom stereocenters. The number of carboxylic acids is 1. The molecular weight excluding hydrogens is 501 g/mol. The number of ether oxygens (including phenoxy) is 2. The maximum Gasteiger partial charge on any atom is 0.417 e. The highest BCUT2D eigenvalue weighted by atomic mass is 35.5. The second kappa shape index (κ2) is 9.54. The predicted molar refractivity (Wildman–Crippen MR) is 107 cm³/mol. The zero-order valence-electron chi connectivity index (χ0n) is 16.3. The van der Waals surface area contributed by atoms with Crippen LogP contribution in [0.1, 0.15) is 44.8 Å². The lowest BCUT2D eigenvalue weighted by Gasteiger charge is -2.21. The molecular formula is C21H14Cl2F6O4. The quantitative estimate of drug-likeness (QED) is 0.431. The third-order valence-corrected chi connectivity index (χ3v) is 5.54. The number of hydrogen-bond donors (Lipinski definition) is 1. The number of allylic oxidation sites excluding steroid dienone is 1. The van der Waals surface area contributed by atoms with Gasteiger partial charge in [-0.1, -0.05) is 41.4 Å². The van der Waals surface area contributed by atoms with Gasteiger partial charge in [0.15, 0.2) is 6.29 Å². The summed E-state index contributed by atoms with van der Waals surface area (Å²) in [6.45, 7) is 0.415. The van der Waals surface area contributed by atoms with Gasteiger partial charge in [-0.05, 0) is 35.4 Å². The summed E-state index contributed by atoms with van der Waals surface area (Å²) in [7, 11) is 0. The SMILES string of the molecule is O=C(O)c1ccc(/C=C/C(c2cc(Cl)c(Cl)c(C3OCCO3)c2)C(F)(F)F)cc1C(F)(F)F. The highest BCUT2D eigenvalue weighted by molar-refractivity contribution is 6.42. The Morgan fingerprint density at radius 3 is 2.24 bits per heavy atom. The Morgan fingerprint density at radius 2 is 1.70 bits per heavy atom. The van der Waals surface area contributed by atoms with Crippen molar-refractivity contribution in [3.8, 4) is 0 Å². The van der Waals surface area contributed by atoms with E-state index in [0.717, 1.165) is 24.3 Å². The molecule has 2 aromatic rings. The van der Waals surface area contributed by atoms with Gasteiger partial charge < -0.3 is 14.6 Å². The molecule has 0 saturated carbocycles. The Kier molecular flexibility index (Phi) is 7.33. The van der Waals surface area contributed by atoms with Gasteiger partial charge in [-0.2, -0.15) is 26.3 Å². The van der Waals surface area contributed by atoms with Crippen LogP contribution in [-0.2, 0) is 15.7 Å². The van der Waals surface area contributed by atoms with Crippen LogP contribution < -0.4 is 0 Å². The Bertz CT molecular complexity index is 1080. The molecule has 1 saturated heterocycles. The Morgan fingerprint density at radius 1 is 1.06 bits per heavy atom. The second-order valence-corrected chi connectivity index (χ2v) is 7.75. The summed E-state index contributed by atoms with van der Waals surface area (Å²) < 4.78 is 91.7. The van der Waals surface area contributed by atoms with E-state index in [1.807, 2.05) is 0 Å². The summed E-state index contributed by atoms with van der Waals surface area (Å²) in [5.41, 5.74) is -3.01. The number of carbonyl (C=O) groups is 1. The monoisotopic (exact) mass is 514 g/mol. The lowest BCUT2D eigenvalue weighted by molar-refractivity contribution is -0.140. The second-order valence-electron chi connectivity index (χ2n) is 6.97. The Balaban J connectivity index is 2.03. The average Bonchev–Trinajstić information content (AvgIpc) is 3.23. The number of hydrogen-bond acceptors (Lipinski definition) is 3. The number of carboxylic acid groups (broad SMARTS) is 1. The van der Waals surface area contributed by atoms with Crippen LogP contribution in [0.2, 0.25) is 10.0 Å². The van der Waals surface area contributed by atoms with E-state index in [0.29, 0.717) is 18.2 Å². The van der Waals surface area contributed by atoms with Gasteiger partial charge in [-0.3, -0.25) is 0 Å². The number of rotatable bonds is 5. The summed E-state index contributed by atoms with van der Waals surface area (Å²) in [6.07, 6.45) is -9.39. The first kappa shape index (κ1) is 25.4. The molecule has 1 N–H and O–H groups in total. The molecule has 1 heterocycles. The van der Waals surface area contributed by atoms with Crippen LogP contribution in [0.15, 0.2) is 36.4 Å². The summed E-state index contributed by atoms with van der Waals surface area (Å²) in [4.78, 5) is 11.1. The smallest absolute Gasteiger partial charge is 0.417 e. The first-order chi connectivity index (χ1) is 15.3. The summed E-state index contributed by atoms with van der Waals surface area (Å²) in [5, 5.41) is 8.72. The summed E-state index contributed by atoms with van der Waals surface area (Å²) >= 11 is 12.1. The van der Waals surface area contributed by atoms with Gasteiger partial charge in [-0.15, -0.1) is 0 Å². The third-order valence-electron chi connectivity index (χ3n) is 4.73. The number of alkyl halides is 6. The molecule has 1 fully saturated rings. The van der Waals surface area contributed by atoms with Crippen molar-refractivity contribution in [2.45, 2.75) is 24.6 Å². The normalized spacial score (nSPS) is 16.5. The van der Waals surface area contributed by atoms with Crippen molar-refractivity contribution in [1.82, 2.24) is 0 Å². The number of aromatic carboxylic acids is 1. The van der Waals surface area contributed by atoms with Gasteiger partial charge in [0.1, 0.15) is 0 Å². The van der Waals surface area contributed by atoms with E-state index in [9.17, 15) is 31.1 Å². The van der Waals surface area contributed by atoms with Crippen molar-refractivity contribution in [1.29, 1.82) is 0 Å². The van der Waals surface area contributed by atoms with Crippen molar-refractivity contribution in [3.63, 3.8) is 0 Å². The van der Waals surface area contributed by atoms with Gasteiger partial charge >= 0.3 is 18.3 Å². The molecule has 0 aliphatic carbocycles. The lowest BCUT2D eigenvalue weighted by atomic mass is 9.94. The zero-order valence-corrected chi connectivity index (χ0v) is 17.8. The van der Waals surface area contributed by atoms with Crippen LogP contribution in [0.3, 0.4) is 0 Å². The largest absolute Gasteiger partial charge is 0.478 e. The minimum atomic E-state index is -5.01. The van der Waals surface area contributed by atoms with Crippen LogP contribution >= 0.6 is 23.2 Å². The van der Waals surface area contributed by atoms with Gasteiger partial charge in [0, 0.05) is 5.56 Å². The van der Waals surface area contributed by atoms with Gasteiger partial charge in [0.25, 0.3) is 0 Å². The molecule has 1 atom stereocenters. The molecule has 0 radical (unpaired) electrons. The van der Waals surface area contributed by atoms with E-state index in [-0.39, 0.29) is 39.9 Å². The van der Waals surface area contributed by atoms with Crippen LogP contribution in [0, 0.1) is 0 Å². The topological polar surface area (TPSA) is 55.8 Å². The molecule has 1 aliphatic heterocycles. The maximum absolute atomic E-state index is 13.8. The minimum Gasteiger partial charge on any atom is -0.478 e. The van der Waals surface area contributed by atoms with Gasteiger partial charge in [-0.25, -0.2) is 4.79 Å². The number of benzene rings is 2. The first-order valence-corrected chi connectivity index (χ1v) is 9.96. The molecule has 4 nitrogen and oxygen atoms in total. The third kappa shape index (κ3) is 5.81. The number of halogens is 8. The average molecular weight is 515 g/mol. The Hall–Kier alpha value is -2.27. The standard InChI is InChI=1S/C21H14Cl2F6O4/c22-16-9-11(8-13(17(16)23)19-32-5-6-33-19)14(20(24,25)26)4-2-10-1-3-12(18(30)31)15(7-10)21(27,28)29/h1-4,7-9,14,19H,5-6H2,(H,30,31)/b4-2+. The fourth-order valence-electron chi connectivity index (χ4n) is 3.22. The van der Waals surface area contributed by atoms with E-state index >= 15 is 0 Å². The maximum atomic E-state index is 13.8. The van der Waals surface area contributed by atoms with E-state index in [4.69, 9.17) is 37.8 Å². The molecule has 178 valence electrons. The van der Waals surface area contributed by atoms with Crippen LogP contribution in [0.25, 0.3) is 6.08 Å². The van der Waals surface area contributed by atoms with E-state index in [2.05, 4.69) is 0 Å². The fraction of sp³-hybridized carbons (Fsp3) is 0.286. The van der Waals surface area contributed by atoms with Crippen LogP contribution in [0.5, 0.6) is 0 Å². The molecule has 12 heteroatoms. The van der Waals surface area contributed by atoms with Crippen LogP contribution in [-0.4, -0.2) is 30.5 Å².